The molecule has 1 radical (unpaired) electrons. The summed E-state index contributed by atoms with van der Waals surface area (Å²) in [5.41, 5.74) is 1.89. The SMILES string of the molecule is CS(=O)(=O)c1cccc(-c2cc[c]cc2)c1. The van der Waals surface area contributed by atoms with Crippen LogP contribution in [-0.4, -0.2) is 14.7 Å². The standard InChI is InChI=1S/C13H11O2S/c1-16(14,15)13-9-5-8-12(10-13)11-6-3-2-4-7-11/h3-10H,1H3. The molecule has 0 aliphatic carbocycles. The minimum atomic E-state index is -3.14. The number of benzene rings is 2. The summed E-state index contributed by atoms with van der Waals surface area (Å²) in [6.07, 6.45) is 1.21. The monoisotopic (exact) mass is 231 g/mol. The molecule has 0 aliphatic rings. The van der Waals surface area contributed by atoms with Gasteiger partial charge in [0.1, 0.15) is 0 Å². The first kappa shape index (κ1) is 10.9. The highest BCUT2D eigenvalue weighted by Gasteiger charge is 2.07. The van der Waals surface area contributed by atoms with Crippen LogP contribution in [0.4, 0.5) is 0 Å². The molecule has 2 aromatic rings. The van der Waals surface area contributed by atoms with Crippen LogP contribution in [-0.2, 0) is 9.84 Å². The van der Waals surface area contributed by atoms with Gasteiger partial charge >= 0.3 is 0 Å². The van der Waals surface area contributed by atoms with Crippen LogP contribution in [0.15, 0.2) is 53.4 Å². The quantitative estimate of drug-likeness (QED) is 0.796. The molecule has 2 aromatic carbocycles. The molecule has 0 N–H and O–H groups in total. The van der Waals surface area contributed by atoms with Crippen molar-refractivity contribution in [2.45, 2.75) is 4.90 Å². The molecule has 0 saturated heterocycles. The molecular formula is C13H11O2S. The van der Waals surface area contributed by atoms with Crippen LogP contribution >= 0.6 is 0 Å². The van der Waals surface area contributed by atoms with Crippen molar-refractivity contribution in [3.05, 3.63) is 54.6 Å². The van der Waals surface area contributed by atoms with E-state index in [1.807, 2.05) is 30.3 Å². The van der Waals surface area contributed by atoms with Crippen molar-refractivity contribution in [2.24, 2.45) is 0 Å². The van der Waals surface area contributed by atoms with Gasteiger partial charge in [0.2, 0.25) is 0 Å². The van der Waals surface area contributed by atoms with Gasteiger partial charge in [-0.25, -0.2) is 8.42 Å². The first-order chi connectivity index (χ1) is 7.57. The average Bonchev–Trinajstić information content (AvgIpc) is 2.29. The number of hydrogen-bond acceptors (Lipinski definition) is 2. The van der Waals surface area contributed by atoms with Gasteiger partial charge in [-0.05, 0) is 29.3 Å². The van der Waals surface area contributed by atoms with E-state index in [1.165, 1.54) is 6.26 Å². The highest BCUT2D eigenvalue weighted by Crippen LogP contribution is 2.21. The van der Waals surface area contributed by atoms with Crippen molar-refractivity contribution in [3.63, 3.8) is 0 Å². The Labute approximate surface area is 95.5 Å². The van der Waals surface area contributed by atoms with Crippen LogP contribution < -0.4 is 0 Å². The molecule has 0 aromatic heterocycles. The Morgan fingerprint density at radius 2 is 1.69 bits per heavy atom. The summed E-state index contributed by atoms with van der Waals surface area (Å²) in [4.78, 5) is 0.345. The Kier molecular flexibility index (Phi) is 2.79. The largest absolute Gasteiger partial charge is 0.224 e. The number of hydrogen-bond donors (Lipinski definition) is 0. The van der Waals surface area contributed by atoms with Crippen LogP contribution in [0.1, 0.15) is 0 Å². The molecule has 0 bridgehead atoms. The fraction of sp³-hybridized carbons (Fsp3) is 0.0769. The van der Waals surface area contributed by atoms with E-state index in [4.69, 9.17) is 0 Å². The van der Waals surface area contributed by atoms with Crippen molar-refractivity contribution in [3.8, 4) is 11.1 Å². The summed E-state index contributed by atoms with van der Waals surface area (Å²) < 4.78 is 22.8. The fourth-order valence-electron chi connectivity index (χ4n) is 1.49. The van der Waals surface area contributed by atoms with E-state index in [1.54, 1.807) is 18.2 Å². The van der Waals surface area contributed by atoms with Crippen molar-refractivity contribution in [1.82, 2.24) is 0 Å². The van der Waals surface area contributed by atoms with Crippen LogP contribution in [0, 0.1) is 6.07 Å². The number of sulfone groups is 1. The van der Waals surface area contributed by atoms with Gasteiger partial charge in [0.25, 0.3) is 0 Å². The van der Waals surface area contributed by atoms with Gasteiger partial charge in [0.15, 0.2) is 9.84 Å². The summed E-state index contributed by atoms with van der Waals surface area (Å²) >= 11 is 0. The first-order valence-corrected chi connectivity index (χ1v) is 6.73. The molecule has 2 nitrogen and oxygen atoms in total. The summed E-state index contributed by atoms with van der Waals surface area (Å²) in [6.45, 7) is 0. The van der Waals surface area contributed by atoms with Gasteiger partial charge in [-0.3, -0.25) is 0 Å². The maximum absolute atomic E-state index is 11.4. The summed E-state index contributed by atoms with van der Waals surface area (Å²) in [7, 11) is -3.14. The van der Waals surface area contributed by atoms with E-state index >= 15 is 0 Å². The highest BCUT2D eigenvalue weighted by atomic mass is 32.2. The second-order valence-electron chi connectivity index (χ2n) is 3.59. The lowest BCUT2D eigenvalue weighted by molar-refractivity contribution is 0.602. The van der Waals surface area contributed by atoms with Gasteiger partial charge in [-0.1, -0.05) is 36.4 Å². The highest BCUT2D eigenvalue weighted by molar-refractivity contribution is 7.90. The van der Waals surface area contributed by atoms with Crippen molar-refractivity contribution in [1.29, 1.82) is 0 Å². The third-order valence-corrected chi connectivity index (χ3v) is 3.42. The van der Waals surface area contributed by atoms with E-state index in [0.717, 1.165) is 11.1 Å². The molecule has 0 aliphatic heterocycles. The minimum Gasteiger partial charge on any atom is -0.224 e. The number of rotatable bonds is 2. The minimum absolute atomic E-state index is 0.345. The summed E-state index contributed by atoms with van der Waals surface area (Å²) in [5.74, 6) is 0. The molecule has 0 amide bonds. The average molecular weight is 231 g/mol. The molecule has 81 valence electrons. The predicted molar refractivity (Wildman–Crippen MR) is 63.8 cm³/mol. The van der Waals surface area contributed by atoms with E-state index < -0.39 is 9.84 Å². The van der Waals surface area contributed by atoms with Gasteiger partial charge in [0, 0.05) is 6.26 Å². The van der Waals surface area contributed by atoms with Gasteiger partial charge in [-0.15, -0.1) is 0 Å². The Morgan fingerprint density at radius 1 is 1.00 bits per heavy atom. The second-order valence-corrected chi connectivity index (χ2v) is 5.60. The summed E-state index contributed by atoms with van der Waals surface area (Å²) in [5, 5.41) is 0. The van der Waals surface area contributed by atoms with Gasteiger partial charge in [-0.2, -0.15) is 0 Å². The Morgan fingerprint density at radius 3 is 2.31 bits per heavy atom. The summed E-state index contributed by atoms with van der Waals surface area (Å²) in [6, 6.07) is 17.3. The Balaban J connectivity index is 2.53. The van der Waals surface area contributed by atoms with Crippen LogP contribution in [0.3, 0.4) is 0 Å². The maximum Gasteiger partial charge on any atom is 0.175 e. The zero-order chi connectivity index (χ0) is 11.6. The molecule has 3 heteroatoms. The van der Waals surface area contributed by atoms with E-state index in [2.05, 4.69) is 6.07 Å². The topological polar surface area (TPSA) is 34.1 Å². The van der Waals surface area contributed by atoms with E-state index in [0.29, 0.717) is 4.90 Å². The molecular weight excluding hydrogens is 220 g/mol. The molecule has 0 saturated carbocycles. The fourth-order valence-corrected chi connectivity index (χ4v) is 2.15. The van der Waals surface area contributed by atoms with E-state index in [-0.39, 0.29) is 0 Å². The smallest absolute Gasteiger partial charge is 0.175 e. The third-order valence-electron chi connectivity index (χ3n) is 2.31. The molecule has 0 fully saturated rings. The zero-order valence-corrected chi connectivity index (χ0v) is 9.66. The van der Waals surface area contributed by atoms with Crippen LogP contribution in [0.2, 0.25) is 0 Å². The van der Waals surface area contributed by atoms with Crippen LogP contribution in [0.5, 0.6) is 0 Å². The predicted octanol–water partition coefficient (Wildman–Crippen LogP) is 2.56. The lowest BCUT2D eigenvalue weighted by Gasteiger charge is -2.03. The zero-order valence-electron chi connectivity index (χ0n) is 8.84. The molecule has 0 spiro atoms. The molecule has 0 atom stereocenters. The lowest BCUT2D eigenvalue weighted by Crippen LogP contribution is -1.96. The van der Waals surface area contributed by atoms with Crippen LogP contribution in [0.25, 0.3) is 11.1 Å². The van der Waals surface area contributed by atoms with Crippen molar-refractivity contribution >= 4 is 9.84 Å². The normalized spacial score (nSPS) is 11.3. The van der Waals surface area contributed by atoms with Crippen molar-refractivity contribution in [2.75, 3.05) is 6.26 Å². The Bertz CT molecular complexity index is 586. The molecule has 16 heavy (non-hydrogen) atoms. The molecule has 2 rings (SSSR count). The maximum atomic E-state index is 11.4. The molecule has 0 heterocycles. The second kappa shape index (κ2) is 4.10. The van der Waals surface area contributed by atoms with E-state index in [9.17, 15) is 8.42 Å². The lowest BCUT2D eigenvalue weighted by atomic mass is 10.1. The first-order valence-electron chi connectivity index (χ1n) is 4.84. The third kappa shape index (κ3) is 2.31. The Hall–Kier alpha value is -1.61. The van der Waals surface area contributed by atoms with Crippen molar-refractivity contribution < 1.29 is 8.42 Å². The molecule has 0 unspecified atom stereocenters. The van der Waals surface area contributed by atoms with Gasteiger partial charge < -0.3 is 0 Å². The van der Waals surface area contributed by atoms with Gasteiger partial charge in [0.05, 0.1) is 4.90 Å².